The molecule has 1 heterocycles. The summed E-state index contributed by atoms with van der Waals surface area (Å²) in [6, 6.07) is 0. The molecule has 1 rings (SSSR count). The van der Waals surface area contributed by atoms with Gasteiger partial charge >= 0.3 is 0 Å². The Morgan fingerprint density at radius 3 is 2.94 bits per heavy atom. The molecule has 0 saturated heterocycles. The average Bonchev–Trinajstić information content (AvgIpc) is 2.62. The lowest BCUT2D eigenvalue weighted by molar-refractivity contribution is 0.108. The van der Waals surface area contributed by atoms with Gasteiger partial charge in [-0.1, -0.05) is 13.8 Å². The molecule has 0 amide bonds. The monoisotopic (exact) mass is 225 g/mol. The van der Waals surface area contributed by atoms with Crippen LogP contribution in [0.3, 0.4) is 0 Å². The molecule has 1 N–H and O–H groups in total. The van der Waals surface area contributed by atoms with E-state index in [4.69, 9.17) is 4.74 Å². The zero-order chi connectivity index (χ0) is 11.8. The molecule has 0 spiro atoms. The third-order valence-corrected chi connectivity index (χ3v) is 2.30. The number of rotatable bonds is 8. The summed E-state index contributed by atoms with van der Waals surface area (Å²) in [5, 5.41) is 3.35. The highest BCUT2D eigenvalue weighted by atomic mass is 16.5. The highest BCUT2D eigenvalue weighted by molar-refractivity contribution is 4.90. The fourth-order valence-electron chi connectivity index (χ4n) is 1.39. The minimum Gasteiger partial charge on any atom is -0.381 e. The summed E-state index contributed by atoms with van der Waals surface area (Å²) in [7, 11) is 2.01. The first-order chi connectivity index (χ1) is 7.70. The molecule has 4 heteroatoms. The van der Waals surface area contributed by atoms with Crippen molar-refractivity contribution < 1.29 is 4.74 Å². The first-order valence-corrected chi connectivity index (χ1v) is 5.95. The van der Waals surface area contributed by atoms with Gasteiger partial charge in [0.25, 0.3) is 0 Å². The van der Waals surface area contributed by atoms with Gasteiger partial charge in [0, 0.05) is 32.7 Å². The summed E-state index contributed by atoms with van der Waals surface area (Å²) in [6.45, 7) is 7.84. The zero-order valence-corrected chi connectivity index (χ0v) is 10.6. The van der Waals surface area contributed by atoms with Gasteiger partial charge in [-0.15, -0.1) is 0 Å². The third kappa shape index (κ3) is 5.28. The van der Waals surface area contributed by atoms with Gasteiger partial charge in [-0.05, 0) is 18.9 Å². The van der Waals surface area contributed by atoms with E-state index in [1.54, 1.807) is 0 Å². The zero-order valence-electron chi connectivity index (χ0n) is 10.6. The number of nitrogens with one attached hydrogen (secondary N) is 1. The lowest BCUT2D eigenvalue weighted by atomic mass is 10.2. The largest absolute Gasteiger partial charge is 0.381 e. The molecule has 4 nitrogen and oxygen atoms in total. The van der Waals surface area contributed by atoms with Crippen LogP contribution in [0.15, 0.2) is 12.4 Å². The first-order valence-electron chi connectivity index (χ1n) is 5.95. The maximum absolute atomic E-state index is 5.50. The van der Waals surface area contributed by atoms with E-state index in [1.165, 1.54) is 0 Å². The Morgan fingerprint density at radius 1 is 1.50 bits per heavy atom. The lowest BCUT2D eigenvalue weighted by Gasteiger charge is -2.07. The van der Waals surface area contributed by atoms with Crippen molar-refractivity contribution in [3.63, 3.8) is 0 Å². The van der Waals surface area contributed by atoms with Crippen LogP contribution in [0.4, 0.5) is 0 Å². The van der Waals surface area contributed by atoms with Crippen LogP contribution in [0, 0.1) is 5.92 Å². The van der Waals surface area contributed by atoms with E-state index in [-0.39, 0.29) is 0 Å². The lowest BCUT2D eigenvalue weighted by Crippen LogP contribution is -2.19. The highest BCUT2D eigenvalue weighted by Gasteiger charge is 1.97. The molecule has 0 unspecified atom stereocenters. The van der Waals surface area contributed by atoms with Crippen LogP contribution in [0.2, 0.25) is 0 Å². The summed E-state index contributed by atoms with van der Waals surface area (Å²) >= 11 is 0. The Hall–Kier alpha value is -0.870. The van der Waals surface area contributed by atoms with Crippen LogP contribution in [0.5, 0.6) is 0 Å². The van der Waals surface area contributed by atoms with Crippen molar-refractivity contribution in [1.82, 2.24) is 14.9 Å². The van der Waals surface area contributed by atoms with Crippen LogP contribution in [-0.2, 0) is 18.3 Å². The van der Waals surface area contributed by atoms with Gasteiger partial charge in [-0.25, -0.2) is 4.98 Å². The fourth-order valence-corrected chi connectivity index (χ4v) is 1.39. The topological polar surface area (TPSA) is 39.1 Å². The number of aryl methyl sites for hydroxylation is 1. The predicted octanol–water partition coefficient (Wildman–Crippen LogP) is 1.57. The summed E-state index contributed by atoms with van der Waals surface area (Å²) in [5.41, 5.74) is 0. The standard InChI is InChI=1S/C12H23N3O/c1-11(2)10-16-8-4-5-13-9-12-14-6-7-15(12)3/h6-7,11,13H,4-5,8-10H2,1-3H3. The van der Waals surface area contributed by atoms with Crippen LogP contribution in [0.25, 0.3) is 0 Å². The van der Waals surface area contributed by atoms with Crippen molar-refractivity contribution in [2.75, 3.05) is 19.8 Å². The Kier molecular flexibility index (Phi) is 6.11. The van der Waals surface area contributed by atoms with E-state index >= 15 is 0 Å². The van der Waals surface area contributed by atoms with Gasteiger partial charge in [0.15, 0.2) is 0 Å². The SMILES string of the molecule is CC(C)COCCCNCc1nccn1C. The van der Waals surface area contributed by atoms with Gasteiger partial charge in [-0.3, -0.25) is 0 Å². The van der Waals surface area contributed by atoms with E-state index in [9.17, 15) is 0 Å². The van der Waals surface area contributed by atoms with Crippen LogP contribution < -0.4 is 5.32 Å². The van der Waals surface area contributed by atoms with Crippen LogP contribution in [0.1, 0.15) is 26.1 Å². The third-order valence-electron chi connectivity index (χ3n) is 2.30. The molecule has 0 bridgehead atoms. The molecule has 1 aromatic heterocycles. The summed E-state index contributed by atoms with van der Waals surface area (Å²) in [4.78, 5) is 4.24. The molecule has 0 atom stereocenters. The molecule has 92 valence electrons. The molecular weight excluding hydrogens is 202 g/mol. The number of aromatic nitrogens is 2. The van der Waals surface area contributed by atoms with Crippen molar-refractivity contribution in [2.24, 2.45) is 13.0 Å². The van der Waals surface area contributed by atoms with Gasteiger partial charge < -0.3 is 14.6 Å². The second-order valence-corrected chi connectivity index (χ2v) is 4.45. The molecule has 0 aliphatic carbocycles. The molecule has 16 heavy (non-hydrogen) atoms. The van der Waals surface area contributed by atoms with E-state index in [1.807, 2.05) is 24.0 Å². The molecule has 0 saturated carbocycles. The second kappa shape index (κ2) is 7.41. The number of imidazole rings is 1. The molecule has 0 fully saturated rings. The van der Waals surface area contributed by atoms with Crippen molar-refractivity contribution >= 4 is 0 Å². The van der Waals surface area contributed by atoms with Gasteiger partial charge in [0.05, 0.1) is 6.54 Å². The number of hydrogen-bond acceptors (Lipinski definition) is 3. The maximum Gasteiger partial charge on any atom is 0.122 e. The first kappa shape index (κ1) is 13.2. The summed E-state index contributed by atoms with van der Waals surface area (Å²) in [5.74, 6) is 1.70. The van der Waals surface area contributed by atoms with Crippen molar-refractivity contribution in [3.8, 4) is 0 Å². The Morgan fingerprint density at radius 2 is 2.31 bits per heavy atom. The van der Waals surface area contributed by atoms with Crippen molar-refractivity contribution in [3.05, 3.63) is 18.2 Å². The van der Waals surface area contributed by atoms with E-state index in [2.05, 4.69) is 24.1 Å². The van der Waals surface area contributed by atoms with E-state index in [0.29, 0.717) is 5.92 Å². The smallest absolute Gasteiger partial charge is 0.122 e. The average molecular weight is 225 g/mol. The van der Waals surface area contributed by atoms with Crippen molar-refractivity contribution in [1.29, 1.82) is 0 Å². The predicted molar refractivity (Wildman–Crippen MR) is 65.2 cm³/mol. The molecule has 0 aliphatic rings. The minimum absolute atomic E-state index is 0.625. The summed E-state index contributed by atoms with van der Waals surface area (Å²) in [6.07, 6.45) is 4.84. The van der Waals surface area contributed by atoms with Gasteiger partial charge in [0.1, 0.15) is 5.82 Å². The Bertz CT molecular complexity index is 284. The molecule has 1 aromatic rings. The normalized spacial score (nSPS) is 11.2. The van der Waals surface area contributed by atoms with Crippen molar-refractivity contribution in [2.45, 2.75) is 26.8 Å². The molecular formula is C12H23N3O. The van der Waals surface area contributed by atoms with Gasteiger partial charge in [0.2, 0.25) is 0 Å². The van der Waals surface area contributed by atoms with Gasteiger partial charge in [-0.2, -0.15) is 0 Å². The fraction of sp³-hybridized carbons (Fsp3) is 0.750. The Balaban J connectivity index is 1.94. The molecule has 0 radical (unpaired) electrons. The van der Waals surface area contributed by atoms with E-state index < -0.39 is 0 Å². The number of ether oxygens (including phenoxy) is 1. The number of hydrogen-bond donors (Lipinski definition) is 1. The number of nitrogens with zero attached hydrogens (tertiary/aromatic N) is 2. The minimum atomic E-state index is 0.625. The maximum atomic E-state index is 5.50. The Labute approximate surface area is 98.0 Å². The molecule has 0 aliphatic heterocycles. The highest BCUT2D eigenvalue weighted by Crippen LogP contribution is 1.94. The quantitative estimate of drug-likeness (QED) is 0.683. The van der Waals surface area contributed by atoms with E-state index in [0.717, 1.165) is 38.5 Å². The van der Waals surface area contributed by atoms with Crippen LogP contribution in [-0.4, -0.2) is 29.3 Å². The van der Waals surface area contributed by atoms with Crippen LogP contribution >= 0.6 is 0 Å². The molecule has 0 aromatic carbocycles. The summed E-state index contributed by atoms with van der Waals surface area (Å²) < 4.78 is 7.53. The second-order valence-electron chi connectivity index (χ2n) is 4.45.